The second-order valence-electron chi connectivity index (χ2n) is 7.24. The smallest absolute Gasteiger partial charge is 0.339 e. The summed E-state index contributed by atoms with van der Waals surface area (Å²) in [4.78, 5) is 50.9. The minimum atomic E-state index is -0.603. The van der Waals surface area contributed by atoms with Crippen LogP contribution in [0.5, 0.6) is 5.75 Å². The molecule has 1 saturated heterocycles. The maximum atomic E-state index is 12.7. The Hall–Kier alpha value is -3.30. The Labute approximate surface area is 206 Å². The van der Waals surface area contributed by atoms with Crippen LogP contribution in [0.1, 0.15) is 35.7 Å². The van der Waals surface area contributed by atoms with Gasteiger partial charge in [0.1, 0.15) is 12.3 Å². The van der Waals surface area contributed by atoms with Gasteiger partial charge in [-0.2, -0.15) is 0 Å². The summed E-state index contributed by atoms with van der Waals surface area (Å²) in [5.74, 6) is -1.22. The maximum absolute atomic E-state index is 12.7. The molecule has 2 aromatic carbocycles. The van der Waals surface area contributed by atoms with E-state index < -0.39 is 29.6 Å². The molecule has 0 bridgehead atoms. The normalized spacial score (nSPS) is 14.4. The van der Waals surface area contributed by atoms with Gasteiger partial charge in [-0.1, -0.05) is 43.1 Å². The predicted octanol–water partition coefficient (Wildman–Crippen LogP) is 4.98. The number of hydrogen-bond acceptors (Lipinski definition) is 7. The Balaban J connectivity index is 1.67. The van der Waals surface area contributed by atoms with E-state index in [0.717, 1.165) is 29.5 Å². The summed E-state index contributed by atoms with van der Waals surface area (Å²) in [5.41, 5.74) is 1.04. The number of amides is 3. The summed E-state index contributed by atoms with van der Waals surface area (Å²) >= 11 is 6.84. The number of hydrogen-bond donors (Lipinski definition) is 1. The molecular formula is C24H23ClN2O6S. The number of carbonyl (C=O) groups is 4. The first-order chi connectivity index (χ1) is 16.3. The SMILES string of the molecule is CCCCOC(=O)c1cc(NC(=O)CN2C(=O)S/C(=C\c3ccccc3OC)C2=O)ccc1Cl. The molecule has 3 rings (SSSR count). The monoisotopic (exact) mass is 502 g/mol. The molecule has 1 fully saturated rings. The van der Waals surface area contributed by atoms with Crippen LogP contribution in [0, 0.1) is 0 Å². The largest absolute Gasteiger partial charge is 0.496 e. The van der Waals surface area contributed by atoms with Crippen LogP contribution in [0.4, 0.5) is 10.5 Å². The van der Waals surface area contributed by atoms with Crippen molar-refractivity contribution in [2.45, 2.75) is 19.8 Å². The number of rotatable bonds is 9. The lowest BCUT2D eigenvalue weighted by molar-refractivity contribution is -0.127. The van der Waals surface area contributed by atoms with Crippen LogP contribution < -0.4 is 10.1 Å². The number of ether oxygens (including phenoxy) is 2. The van der Waals surface area contributed by atoms with Gasteiger partial charge in [0.2, 0.25) is 5.91 Å². The predicted molar refractivity (Wildman–Crippen MR) is 131 cm³/mol. The number of carbonyl (C=O) groups excluding carboxylic acids is 4. The Morgan fingerprint density at radius 3 is 2.68 bits per heavy atom. The molecule has 0 saturated carbocycles. The van der Waals surface area contributed by atoms with E-state index in [0.29, 0.717) is 11.3 Å². The lowest BCUT2D eigenvalue weighted by atomic mass is 10.2. The van der Waals surface area contributed by atoms with E-state index in [1.807, 2.05) is 6.92 Å². The number of nitrogens with zero attached hydrogens (tertiary/aromatic N) is 1. The van der Waals surface area contributed by atoms with Crippen molar-refractivity contribution >= 4 is 58.1 Å². The average molecular weight is 503 g/mol. The summed E-state index contributed by atoms with van der Waals surface area (Å²) in [5, 5.41) is 2.21. The third kappa shape index (κ3) is 6.18. The molecule has 34 heavy (non-hydrogen) atoms. The van der Waals surface area contributed by atoms with E-state index >= 15 is 0 Å². The van der Waals surface area contributed by atoms with Crippen LogP contribution in [-0.4, -0.2) is 48.2 Å². The lowest BCUT2D eigenvalue weighted by Crippen LogP contribution is -2.36. The number of anilines is 1. The molecule has 1 aliphatic heterocycles. The Morgan fingerprint density at radius 1 is 1.18 bits per heavy atom. The standard InChI is InChI=1S/C24H23ClN2O6S/c1-3-4-11-33-23(30)17-13-16(9-10-18(17)25)26-21(28)14-27-22(29)20(34-24(27)31)12-15-7-5-6-8-19(15)32-2/h5-10,12-13H,3-4,11,14H2,1-2H3,(H,26,28)/b20-12-. The average Bonchev–Trinajstić information content (AvgIpc) is 3.08. The van der Waals surface area contributed by atoms with Gasteiger partial charge in [-0.05, 0) is 48.5 Å². The second kappa shape index (κ2) is 11.7. The number of nitrogens with one attached hydrogen (secondary N) is 1. The van der Waals surface area contributed by atoms with E-state index in [9.17, 15) is 19.2 Å². The van der Waals surface area contributed by atoms with E-state index in [4.69, 9.17) is 21.1 Å². The summed E-state index contributed by atoms with van der Waals surface area (Å²) in [6.07, 6.45) is 3.15. The third-order valence-electron chi connectivity index (χ3n) is 4.80. The molecule has 0 radical (unpaired) electrons. The molecule has 0 aliphatic carbocycles. The molecule has 0 unspecified atom stereocenters. The first kappa shape index (κ1) is 25.3. The van der Waals surface area contributed by atoms with Crippen LogP contribution in [-0.2, 0) is 14.3 Å². The van der Waals surface area contributed by atoms with Crippen LogP contribution in [0.15, 0.2) is 47.4 Å². The van der Waals surface area contributed by atoms with Gasteiger partial charge in [0.05, 0.1) is 29.2 Å². The highest BCUT2D eigenvalue weighted by Gasteiger charge is 2.36. The molecule has 1 aliphatic rings. The zero-order valence-electron chi connectivity index (χ0n) is 18.6. The van der Waals surface area contributed by atoms with Gasteiger partial charge in [-0.3, -0.25) is 19.3 Å². The number of para-hydroxylation sites is 1. The van der Waals surface area contributed by atoms with Gasteiger partial charge in [-0.15, -0.1) is 0 Å². The lowest BCUT2D eigenvalue weighted by Gasteiger charge is -2.13. The number of esters is 1. The first-order valence-corrected chi connectivity index (χ1v) is 11.7. The molecule has 8 nitrogen and oxygen atoms in total. The van der Waals surface area contributed by atoms with E-state index in [2.05, 4.69) is 5.32 Å². The van der Waals surface area contributed by atoms with Crippen molar-refractivity contribution in [1.29, 1.82) is 0 Å². The van der Waals surface area contributed by atoms with Crippen molar-refractivity contribution in [1.82, 2.24) is 4.90 Å². The third-order valence-corrected chi connectivity index (χ3v) is 6.04. The van der Waals surface area contributed by atoms with Crippen molar-refractivity contribution < 1.29 is 28.7 Å². The van der Waals surface area contributed by atoms with Crippen LogP contribution in [0.2, 0.25) is 5.02 Å². The van der Waals surface area contributed by atoms with Crippen LogP contribution >= 0.6 is 23.4 Å². The molecule has 3 amide bonds. The molecule has 178 valence electrons. The van der Waals surface area contributed by atoms with Gasteiger partial charge in [0.25, 0.3) is 11.1 Å². The van der Waals surface area contributed by atoms with E-state index in [1.165, 1.54) is 25.3 Å². The van der Waals surface area contributed by atoms with Crippen molar-refractivity contribution in [3.63, 3.8) is 0 Å². The van der Waals surface area contributed by atoms with Crippen LogP contribution in [0.3, 0.4) is 0 Å². The minimum Gasteiger partial charge on any atom is -0.496 e. The molecule has 1 heterocycles. The van der Waals surface area contributed by atoms with Gasteiger partial charge < -0.3 is 14.8 Å². The number of benzene rings is 2. The van der Waals surface area contributed by atoms with Crippen molar-refractivity contribution in [3.05, 3.63) is 63.5 Å². The molecule has 10 heteroatoms. The summed E-state index contributed by atoms with van der Waals surface area (Å²) < 4.78 is 10.4. The minimum absolute atomic E-state index is 0.112. The fourth-order valence-corrected chi connectivity index (χ4v) is 4.08. The quantitative estimate of drug-likeness (QED) is 0.293. The number of methoxy groups -OCH3 is 1. The summed E-state index contributed by atoms with van der Waals surface area (Å²) in [7, 11) is 1.51. The number of unbranched alkanes of at least 4 members (excludes halogenated alkanes) is 1. The number of halogens is 1. The van der Waals surface area contributed by atoms with E-state index in [1.54, 1.807) is 30.3 Å². The number of thioether (sulfide) groups is 1. The Morgan fingerprint density at radius 2 is 1.94 bits per heavy atom. The van der Waals surface area contributed by atoms with Crippen LogP contribution in [0.25, 0.3) is 6.08 Å². The Bertz CT molecular complexity index is 1150. The molecule has 1 N–H and O–H groups in total. The molecule has 0 spiro atoms. The van der Waals surface area contributed by atoms with E-state index in [-0.39, 0.29) is 27.8 Å². The summed E-state index contributed by atoms with van der Waals surface area (Å²) in [6, 6.07) is 11.4. The second-order valence-corrected chi connectivity index (χ2v) is 8.64. The number of imide groups is 1. The topological polar surface area (TPSA) is 102 Å². The Kier molecular flexibility index (Phi) is 8.72. The molecule has 0 atom stereocenters. The van der Waals surface area contributed by atoms with Gasteiger partial charge in [-0.25, -0.2) is 4.79 Å². The zero-order chi connectivity index (χ0) is 24.7. The molecule has 0 aromatic heterocycles. The highest BCUT2D eigenvalue weighted by molar-refractivity contribution is 8.18. The zero-order valence-corrected chi connectivity index (χ0v) is 20.2. The molecular weight excluding hydrogens is 480 g/mol. The fraction of sp³-hybridized carbons (Fsp3) is 0.250. The molecule has 2 aromatic rings. The van der Waals surface area contributed by atoms with Gasteiger partial charge in [0.15, 0.2) is 0 Å². The highest BCUT2D eigenvalue weighted by Crippen LogP contribution is 2.34. The fourth-order valence-electron chi connectivity index (χ4n) is 3.05. The van der Waals surface area contributed by atoms with Crippen molar-refractivity contribution in [2.24, 2.45) is 0 Å². The summed E-state index contributed by atoms with van der Waals surface area (Å²) in [6.45, 7) is 1.76. The first-order valence-electron chi connectivity index (χ1n) is 10.5. The van der Waals surface area contributed by atoms with Gasteiger partial charge in [0, 0.05) is 11.3 Å². The van der Waals surface area contributed by atoms with Gasteiger partial charge >= 0.3 is 5.97 Å². The van der Waals surface area contributed by atoms with Crippen molar-refractivity contribution in [3.8, 4) is 5.75 Å². The van der Waals surface area contributed by atoms with Crippen molar-refractivity contribution in [2.75, 3.05) is 25.6 Å². The highest BCUT2D eigenvalue weighted by atomic mass is 35.5. The maximum Gasteiger partial charge on any atom is 0.339 e.